The van der Waals surface area contributed by atoms with E-state index in [1.54, 1.807) is 0 Å². The van der Waals surface area contributed by atoms with E-state index >= 15 is 0 Å². The monoisotopic (exact) mass is 234 g/mol. The Kier molecular flexibility index (Phi) is 6.76. The van der Waals surface area contributed by atoms with Crippen LogP contribution in [0.1, 0.15) is 64.4 Å². The van der Waals surface area contributed by atoms with Gasteiger partial charge in [-0.3, -0.25) is 0 Å². The average Bonchev–Trinajstić information content (AvgIpc) is 2.37. The molecule has 17 heavy (non-hydrogen) atoms. The van der Waals surface area contributed by atoms with Gasteiger partial charge in [-0.15, -0.1) is 0 Å². The molecule has 0 heterocycles. The molecule has 0 bridgehead atoms. The summed E-state index contributed by atoms with van der Waals surface area (Å²) in [4.78, 5) is 0. The fourth-order valence-corrected chi connectivity index (χ4v) is 2.13. The van der Waals surface area contributed by atoms with Crippen molar-refractivity contribution in [1.82, 2.24) is 0 Å². The maximum absolute atomic E-state index is 5.67. The molecule has 0 saturated carbocycles. The van der Waals surface area contributed by atoms with Crippen LogP contribution in [0.2, 0.25) is 0 Å². The highest BCUT2D eigenvalue weighted by molar-refractivity contribution is 5.29. The van der Waals surface area contributed by atoms with Crippen molar-refractivity contribution in [3.05, 3.63) is 29.8 Å². The largest absolute Gasteiger partial charge is 0.494 e. The van der Waals surface area contributed by atoms with E-state index < -0.39 is 0 Å². The second kappa shape index (κ2) is 8.16. The van der Waals surface area contributed by atoms with Gasteiger partial charge >= 0.3 is 0 Å². The number of hydrogen-bond acceptors (Lipinski definition) is 1. The van der Waals surface area contributed by atoms with Crippen molar-refractivity contribution >= 4 is 0 Å². The third kappa shape index (κ3) is 4.80. The fraction of sp³-hybridized carbons (Fsp3) is 0.625. The normalized spacial score (nSPS) is 12.4. The van der Waals surface area contributed by atoms with Crippen molar-refractivity contribution in [2.24, 2.45) is 0 Å². The van der Waals surface area contributed by atoms with Gasteiger partial charge in [-0.1, -0.05) is 45.7 Å². The molecule has 96 valence electrons. The van der Waals surface area contributed by atoms with E-state index in [4.69, 9.17) is 4.74 Å². The molecule has 1 nitrogen and oxygen atoms in total. The molecule has 0 unspecified atom stereocenters. The lowest BCUT2D eigenvalue weighted by Gasteiger charge is -2.14. The molecular formula is C16H26O. The quantitative estimate of drug-likeness (QED) is 0.564. The first-order valence-corrected chi connectivity index (χ1v) is 7.04. The standard InChI is InChI=1S/C16H26O/c1-4-7-13-17-16-11-9-15(10-12-16)14(6-3)8-5-2/h9-12,14H,4-8,13H2,1-3H3/t14-/m0/s1. The smallest absolute Gasteiger partial charge is 0.119 e. The van der Waals surface area contributed by atoms with Gasteiger partial charge in [0, 0.05) is 0 Å². The highest BCUT2D eigenvalue weighted by Gasteiger charge is 2.07. The SMILES string of the molecule is CCCCOc1ccc([C@@H](CC)CCC)cc1. The molecule has 1 atom stereocenters. The van der Waals surface area contributed by atoms with Crippen molar-refractivity contribution in [3.8, 4) is 5.75 Å². The number of benzene rings is 1. The highest BCUT2D eigenvalue weighted by atomic mass is 16.5. The van der Waals surface area contributed by atoms with E-state index in [0.29, 0.717) is 5.92 Å². The zero-order chi connectivity index (χ0) is 12.5. The third-order valence-electron chi connectivity index (χ3n) is 3.25. The summed E-state index contributed by atoms with van der Waals surface area (Å²) < 4.78 is 5.67. The minimum absolute atomic E-state index is 0.713. The molecule has 1 aromatic rings. The second-order valence-electron chi connectivity index (χ2n) is 4.66. The summed E-state index contributed by atoms with van der Waals surface area (Å²) in [5.41, 5.74) is 1.46. The van der Waals surface area contributed by atoms with E-state index in [-0.39, 0.29) is 0 Å². The predicted octanol–water partition coefficient (Wildman–Crippen LogP) is 5.16. The molecule has 1 aromatic carbocycles. The van der Waals surface area contributed by atoms with Gasteiger partial charge in [-0.05, 0) is 42.9 Å². The van der Waals surface area contributed by atoms with Crippen molar-refractivity contribution in [1.29, 1.82) is 0 Å². The van der Waals surface area contributed by atoms with Crippen molar-refractivity contribution in [2.45, 2.75) is 58.8 Å². The number of rotatable bonds is 8. The van der Waals surface area contributed by atoms with Crippen molar-refractivity contribution < 1.29 is 4.74 Å². The summed E-state index contributed by atoms with van der Waals surface area (Å²) in [6.45, 7) is 7.54. The molecule has 1 heteroatoms. The summed E-state index contributed by atoms with van der Waals surface area (Å²) in [6.07, 6.45) is 6.09. The van der Waals surface area contributed by atoms with Crippen LogP contribution >= 0.6 is 0 Å². The van der Waals surface area contributed by atoms with Crippen LogP contribution in [0.4, 0.5) is 0 Å². The van der Waals surface area contributed by atoms with Gasteiger partial charge in [0.2, 0.25) is 0 Å². The minimum atomic E-state index is 0.713. The molecule has 0 aliphatic carbocycles. The summed E-state index contributed by atoms with van der Waals surface area (Å²) in [5.74, 6) is 1.72. The first-order chi connectivity index (χ1) is 8.31. The lowest BCUT2D eigenvalue weighted by Crippen LogP contribution is -1.99. The van der Waals surface area contributed by atoms with Gasteiger partial charge in [0.05, 0.1) is 6.61 Å². The van der Waals surface area contributed by atoms with Gasteiger partial charge < -0.3 is 4.74 Å². The van der Waals surface area contributed by atoms with Gasteiger partial charge in [0.1, 0.15) is 5.75 Å². The Hall–Kier alpha value is -0.980. The molecule has 0 aliphatic heterocycles. The van der Waals surface area contributed by atoms with Crippen LogP contribution in [0.25, 0.3) is 0 Å². The molecule has 0 saturated heterocycles. The predicted molar refractivity (Wildman–Crippen MR) is 74.8 cm³/mol. The van der Waals surface area contributed by atoms with Gasteiger partial charge in [-0.25, -0.2) is 0 Å². The van der Waals surface area contributed by atoms with E-state index in [1.807, 2.05) is 0 Å². The maximum atomic E-state index is 5.67. The van der Waals surface area contributed by atoms with Crippen LogP contribution in [0, 0.1) is 0 Å². The Balaban J connectivity index is 2.53. The van der Waals surface area contributed by atoms with Gasteiger partial charge in [0.15, 0.2) is 0 Å². The number of unbranched alkanes of at least 4 members (excludes halogenated alkanes) is 1. The molecule has 0 fully saturated rings. The summed E-state index contributed by atoms with van der Waals surface area (Å²) in [7, 11) is 0. The molecule has 0 N–H and O–H groups in total. The molecular weight excluding hydrogens is 208 g/mol. The number of ether oxygens (including phenoxy) is 1. The average molecular weight is 234 g/mol. The highest BCUT2D eigenvalue weighted by Crippen LogP contribution is 2.26. The van der Waals surface area contributed by atoms with Crippen LogP contribution in [-0.2, 0) is 0 Å². The van der Waals surface area contributed by atoms with Crippen LogP contribution in [-0.4, -0.2) is 6.61 Å². The molecule has 0 amide bonds. The van der Waals surface area contributed by atoms with Gasteiger partial charge in [-0.2, -0.15) is 0 Å². The van der Waals surface area contributed by atoms with E-state index in [9.17, 15) is 0 Å². The first-order valence-electron chi connectivity index (χ1n) is 7.04. The van der Waals surface area contributed by atoms with E-state index in [2.05, 4.69) is 45.0 Å². The van der Waals surface area contributed by atoms with Crippen LogP contribution in [0.3, 0.4) is 0 Å². The second-order valence-corrected chi connectivity index (χ2v) is 4.66. The lowest BCUT2D eigenvalue weighted by molar-refractivity contribution is 0.309. The van der Waals surface area contributed by atoms with Gasteiger partial charge in [0.25, 0.3) is 0 Å². The lowest BCUT2D eigenvalue weighted by atomic mass is 9.92. The molecule has 0 aromatic heterocycles. The maximum Gasteiger partial charge on any atom is 0.119 e. The van der Waals surface area contributed by atoms with Crippen molar-refractivity contribution in [2.75, 3.05) is 6.61 Å². The van der Waals surface area contributed by atoms with Crippen LogP contribution in [0.15, 0.2) is 24.3 Å². The van der Waals surface area contributed by atoms with Crippen LogP contribution < -0.4 is 4.74 Å². The molecule has 0 aliphatic rings. The zero-order valence-corrected chi connectivity index (χ0v) is 11.5. The van der Waals surface area contributed by atoms with E-state index in [0.717, 1.165) is 18.8 Å². The topological polar surface area (TPSA) is 9.23 Å². The Labute approximate surface area is 106 Å². The Morgan fingerprint density at radius 3 is 2.24 bits per heavy atom. The fourth-order valence-electron chi connectivity index (χ4n) is 2.13. The summed E-state index contributed by atoms with van der Waals surface area (Å²) in [6, 6.07) is 8.68. The minimum Gasteiger partial charge on any atom is -0.494 e. The van der Waals surface area contributed by atoms with E-state index in [1.165, 1.54) is 31.2 Å². The number of hydrogen-bond donors (Lipinski definition) is 0. The summed E-state index contributed by atoms with van der Waals surface area (Å²) in [5, 5.41) is 0. The third-order valence-corrected chi connectivity index (χ3v) is 3.25. The first kappa shape index (κ1) is 14.1. The molecule has 0 radical (unpaired) electrons. The molecule has 0 spiro atoms. The zero-order valence-electron chi connectivity index (χ0n) is 11.5. The Morgan fingerprint density at radius 1 is 1.00 bits per heavy atom. The van der Waals surface area contributed by atoms with Crippen molar-refractivity contribution in [3.63, 3.8) is 0 Å². The summed E-state index contributed by atoms with van der Waals surface area (Å²) >= 11 is 0. The Morgan fingerprint density at radius 2 is 1.71 bits per heavy atom. The van der Waals surface area contributed by atoms with Crippen LogP contribution in [0.5, 0.6) is 5.75 Å². The Bertz CT molecular complexity index is 289. The molecule has 1 rings (SSSR count).